The molecule has 0 unspecified atom stereocenters. The van der Waals surface area contributed by atoms with Crippen molar-refractivity contribution < 1.29 is 9.18 Å². The molecule has 0 spiro atoms. The minimum absolute atomic E-state index is 0.123. The van der Waals surface area contributed by atoms with E-state index in [0.29, 0.717) is 18.1 Å². The van der Waals surface area contributed by atoms with Crippen LogP contribution in [0.2, 0.25) is 5.02 Å². The van der Waals surface area contributed by atoms with Gasteiger partial charge < -0.3 is 4.90 Å². The Morgan fingerprint density at radius 2 is 1.76 bits per heavy atom. The van der Waals surface area contributed by atoms with Gasteiger partial charge in [-0.05, 0) is 77.4 Å². The Morgan fingerprint density at radius 1 is 1.03 bits per heavy atom. The number of carbonyl (C=O) groups excluding carboxylic acids is 1. The smallest absolute Gasteiger partial charge is 0.256 e. The van der Waals surface area contributed by atoms with Gasteiger partial charge in [-0.25, -0.2) is 4.39 Å². The number of hydrogen-bond donors (Lipinski definition) is 1. The van der Waals surface area contributed by atoms with Crippen LogP contribution in [-0.4, -0.2) is 39.1 Å². The number of H-pyrrole nitrogens is 1. The summed E-state index contributed by atoms with van der Waals surface area (Å²) in [7, 11) is 0. The van der Waals surface area contributed by atoms with Crippen molar-refractivity contribution in [1.29, 1.82) is 0 Å². The summed E-state index contributed by atoms with van der Waals surface area (Å²) in [5.41, 5.74) is 5.24. The molecule has 1 fully saturated rings. The van der Waals surface area contributed by atoms with Crippen LogP contribution in [0.3, 0.4) is 0 Å². The second-order valence-electron chi connectivity index (χ2n) is 8.19. The molecule has 1 aliphatic rings. The van der Waals surface area contributed by atoms with Gasteiger partial charge in [0.25, 0.3) is 5.91 Å². The molecule has 3 heterocycles. The Bertz CT molecular complexity index is 1270. The summed E-state index contributed by atoms with van der Waals surface area (Å²) in [5, 5.41) is 7.71. The number of piperidine rings is 1. The maximum Gasteiger partial charge on any atom is 0.256 e. The zero-order valence-corrected chi connectivity index (χ0v) is 18.6. The average molecular weight is 461 g/mol. The number of aromatic nitrogens is 3. The van der Waals surface area contributed by atoms with E-state index in [-0.39, 0.29) is 17.4 Å². The average Bonchev–Trinajstić information content (AvgIpc) is 3.39. The van der Waals surface area contributed by atoms with Crippen LogP contribution in [0.1, 0.15) is 34.7 Å². The Morgan fingerprint density at radius 3 is 2.45 bits per heavy atom. The number of hydrogen-bond acceptors (Lipinski definition) is 3. The zero-order chi connectivity index (χ0) is 22.8. The van der Waals surface area contributed by atoms with Crippen molar-refractivity contribution in [2.45, 2.75) is 18.8 Å². The number of nitrogens with zero attached hydrogens (tertiary/aromatic N) is 3. The highest BCUT2D eigenvalue weighted by Crippen LogP contribution is 2.41. The maximum absolute atomic E-state index is 14.1. The van der Waals surface area contributed by atoms with Crippen molar-refractivity contribution in [3.05, 3.63) is 95.3 Å². The van der Waals surface area contributed by atoms with E-state index in [4.69, 9.17) is 11.6 Å². The predicted octanol–water partition coefficient (Wildman–Crippen LogP) is 5.95. The Kier molecular flexibility index (Phi) is 5.92. The predicted molar refractivity (Wildman–Crippen MR) is 127 cm³/mol. The van der Waals surface area contributed by atoms with E-state index in [1.165, 1.54) is 12.1 Å². The number of carbonyl (C=O) groups is 1. The summed E-state index contributed by atoms with van der Waals surface area (Å²) in [6, 6.07) is 14.2. The molecule has 2 aromatic carbocycles. The monoisotopic (exact) mass is 460 g/mol. The third kappa shape index (κ3) is 4.26. The Hall–Kier alpha value is -3.51. The van der Waals surface area contributed by atoms with Crippen LogP contribution < -0.4 is 0 Å². The lowest BCUT2D eigenvalue weighted by Crippen LogP contribution is -2.38. The molecule has 1 N–H and O–H groups in total. The van der Waals surface area contributed by atoms with Gasteiger partial charge in [0.2, 0.25) is 0 Å². The number of likely N-dealkylation sites (tertiary alicyclic amines) is 1. The normalized spacial score (nSPS) is 14.4. The van der Waals surface area contributed by atoms with Crippen LogP contribution in [-0.2, 0) is 0 Å². The molecular weight excluding hydrogens is 439 g/mol. The van der Waals surface area contributed by atoms with Gasteiger partial charge in [0.05, 0.1) is 11.8 Å². The number of amides is 1. The van der Waals surface area contributed by atoms with Crippen LogP contribution in [0.25, 0.3) is 22.3 Å². The van der Waals surface area contributed by atoms with Crippen LogP contribution in [0, 0.1) is 5.82 Å². The highest BCUT2D eigenvalue weighted by molar-refractivity contribution is 6.32. The first-order chi connectivity index (χ1) is 16.1. The third-order valence-corrected chi connectivity index (χ3v) is 6.59. The van der Waals surface area contributed by atoms with E-state index in [9.17, 15) is 9.18 Å². The SMILES string of the molecule is O=C(c1ccccc1F)N1CCC(c2cc(-c3cn[nH]c3)c(-c3ccncc3)cc2Cl)CC1. The second kappa shape index (κ2) is 9.16. The summed E-state index contributed by atoms with van der Waals surface area (Å²) in [5.74, 6) is -0.534. The van der Waals surface area contributed by atoms with Gasteiger partial charge in [-0.2, -0.15) is 5.10 Å². The van der Waals surface area contributed by atoms with Gasteiger partial charge in [0.1, 0.15) is 5.82 Å². The minimum atomic E-state index is -0.482. The first-order valence-corrected chi connectivity index (χ1v) is 11.3. The summed E-state index contributed by atoms with van der Waals surface area (Å²) in [6.07, 6.45) is 8.72. The molecule has 5 rings (SSSR count). The molecule has 0 aliphatic carbocycles. The molecule has 7 heteroatoms. The Labute approximate surface area is 196 Å². The maximum atomic E-state index is 14.1. The van der Waals surface area contributed by atoms with Crippen LogP contribution in [0.15, 0.2) is 73.3 Å². The summed E-state index contributed by atoms with van der Waals surface area (Å²) in [4.78, 5) is 18.6. The second-order valence-corrected chi connectivity index (χ2v) is 8.60. The molecule has 0 bridgehead atoms. The molecule has 0 atom stereocenters. The van der Waals surface area contributed by atoms with Crippen molar-refractivity contribution in [2.24, 2.45) is 0 Å². The van der Waals surface area contributed by atoms with Crippen molar-refractivity contribution in [2.75, 3.05) is 13.1 Å². The number of pyridine rings is 1. The van der Waals surface area contributed by atoms with Crippen LogP contribution in [0.5, 0.6) is 0 Å². The molecule has 1 saturated heterocycles. The number of benzene rings is 2. The number of aromatic amines is 1. The molecule has 166 valence electrons. The zero-order valence-electron chi connectivity index (χ0n) is 17.8. The lowest BCUT2D eigenvalue weighted by atomic mass is 9.85. The third-order valence-electron chi connectivity index (χ3n) is 6.26. The first kappa shape index (κ1) is 21.3. The molecule has 0 saturated carbocycles. The van der Waals surface area contributed by atoms with Gasteiger partial charge in [0.15, 0.2) is 0 Å². The van der Waals surface area contributed by atoms with E-state index in [0.717, 1.165) is 40.7 Å². The molecule has 0 radical (unpaired) electrons. The van der Waals surface area contributed by atoms with Gasteiger partial charge >= 0.3 is 0 Å². The van der Waals surface area contributed by atoms with Crippen LogP contribution in [0.4, 0.5) is 4.39 Å². The fourth-order valence-corrected chi connectivity index (χ4v) is 4.83. The largest absolute Gasteiger partial charge is 0.339 e. The van der Waals surface area contributed by atoms with Gasteiger partial charge in [-0.15, -0.1) is 0 Å². The quantitative estimate of drug-likeness (QED) is 0.409. The van der Waals surface area contributed by atoms with Crippen molar-refractivity contribution in [3.63, 3.8) is 0 Å². The fourth-order valence-electron chi connectivity index (χ4n) is 4.51. The topological polar surface area (TPSA) is 61.9 Å². The Balaban J connectivity index is 1.42. The van der Waals surface area contributed by atoms with E-state index in [1.807, 2.05) is 24.4 Å². The van der Waals surface area contributed by atoms with Crippen molar-refractivity contribution >= 4 is 17.5 Å². The molecule has 1 aliphatic heterocycles. The van der Waals surface area contributed by atoms with Crippen molar-refractivity contribution in [3.8, 4) is 22.3 Å². The summed E-state index contributed by atoms with van der Waals surface area (Å²) < 4.78 is 14.1. The lowest BCUT2D eigenvalue weighted by molar-refractivity contribution is 0.0708. The lowest BCUT2D eigenvalue weighted by Gasteiger charge is -2.33. The summed E-state index contributed by atoms with van der Waals surface area (Å²) >= 11 is 6.79. The fraction of sp³-hybridized carbons (Fsp3) is 0.192. The molecular formula is C26H22ClFN4O. The highest BCUT2D eigenvalue weighted by atomic mass is 35.5. The van der Waals surface area contributed by atoms with Gasteiger partial charge in [0, 0.05) is 42.3 Å². The number of rotatable bonds is 4. The van der Waals surface area contributed by atoms with E-state index in [1.54, 1.807) is 35.6 Å². The number of nitrogens with one attached hydrogen (secondary N) is 1. The molecule has 2 aromatic heterocycles. The van der Waals surface area contributed by atoms with Gasteiger partial charge in [-0.1, -0.05) is 23.7 Å². The molecule has 4 aromatic rings. The van der Waals surface area contributed by atoms with Crippen molar-refractivity contribution in [1.82, 2.24) is 20.1 Å². The highest BCUT2D eigenvalue weighted by Gasteiger charge is 2.28. The molecule has 5 nitrogen and oxygen atoms in total. The molecule has 33 heavy (non-hydrogen) atoms. The van der Waals surface area contributed by atoms with E-state index in [2.05, 4.69) is 21.2 Å². The standard InChI is InChI=1S/C26H22ClFN4O/c27-24-14-22(17-5-9-29-10-6-17)21(19-15-30-31-16-19)13-23(24)18-7-11-32(12-8-18)26(33)20-3-1-2-4-25(20)28/h1-6,9-10,13-16,18H,7-8,11-12H2,(H,30,31). The summed E-state index contributed by atoms with van der Waals surface area (Å²) in [6.45, 7) is 1.11. The van der Waals surface area contributed by atoms with E-state index >= 15 is 0 Å². The molecule has 1 amide bonds. The van der Waals surface area contributed by atoms with Crippen LogP contribution >= 0.6 is 11.6 Å². The number of halogens is 2. The minimum Gasteiger partial charge on any atom is -0.339 e. The van der Waals surface area contributed by atoms with E-state index < -0.39 is 5.82 Å². The first-order valence-electron chi connectivity index (χ1n) is 10.9. The van der Waals surface area contributed by atoms with Gasteiger partial charge in [-0.3, -0.25) is 14.9 Å².